The molecule has 1 fully saturated rings. The van der Waals surface area contributed by atoms with Crippen molar-refractivity contribution in [1.29, 1.82) is 0 Å². The second-order valence-corrected chi connectivity index (χ2v) is 8.65. The Kier molecular flexibility index (Phi) is 9.05. The number of carbonyl (C=O) groups excluding carboxylic acids is 1. The van der Waals surface area contributed by atoms with Gasteiger partial charge in [0.2, 0.25) is 0 Å². The monoisotopic (exact) mass is 494 g/mol. The van der Waals surface area contributed by atoms with Crippen molar-refractivity contribution in [3.63, 3.8) is 0 Å². The molecule has 37 heavy (non-hydrogen) atoms. The summed E-state index contributed by atoms with van der Waals surface area (Å²) in [5.74, 6) is -0.894. The highest BCUT2D eigenvalue weighted by Gasteiger charge is 2.16. The number of carbonyl (C=O) groups is 2. The molecular weight excluding hydrogens is 464 g/mol. The third kappa shape index (κ3) is 7.29. The van der Waals surface area contributed by atoms with Crippen LogP contribution in [0.4, 0.5) is 10.5 Å². The highest BCUT2D eigenvalue weighted by atomic mass is 16.5. The van der Waals surface area contributed by atoms with Crippen LogP contribution in [0.1, 0.15) is 23.2 Å². The average molecular weight is 495 g/mol. The van der Waals surface area contributed by atoms with Crippen LogP contribution in [0.2, 0.25) is 0 Å². The van der Waals surface area contributed by atoms with E-state index in [0.29, 0.717) is 12.2 Å². The number of nitrogens with one attached hydrogen (secondary N) is 2. The molecule has 4 aromatic rings. The predicted octanol–water partition coefficient (Wildman–Crippen LogP) is 6.71. The minimum absolute atomic E-state index is 0.287. The van der Waals surface area contributed by atoms with Gasteiger partial charge in [-0.05, 0) is 48.2 Å². The summed E-state index contributed by atoms with van der Waals surface area (Å²) in [6.07, 6.45) is 1.80. The Morgan fingerprint density at radius 1 is 0.784 bits per heavy atom. The van der Waals surface area contributed by atoms with Crippen molar-refractivity contribution in [1.82, 2.24) is 5.32 Å². The SMILES string of the molecule is O=C(Nc1ccccc1-c1ccccc1)OC[C@@H]1CCCN1.O=C(O)c1ccccc1-c1ccccc1. The van der Waals surface area contributed by atoms with Gasteiger partial charge in [0.1, 0.15) is 6.61 Å². The number of carboxylic acids is 1. The van der Waals surface area contributed by atoms with Gasteiger partial charge in [0.05, 0.1) is 11.3 Å². The minimum atomic E-state index is -0.894. The van der Waals surface area contributed by atoms with Crippen LogP contribution in [0, 0.1) is 0 Å². The molecular formula is C31H30N2O4. The number of benzene rings is 4. The molecule has 3 N–H and O–H groups in total. The Balaban J connectivity index is 0.000000186. The first-order chi connectivity index (χ1) is 18.1. The van der Waals surface area contributed by atoms with Gasteiger partial charge in [0, 0.05) is 11.6 Å². The van der Waals surface area contributed by atoms with Crippen LogP contribution in [0.5, 0.6) is 0 Å². The zero-order chi connectivity index (χ0) is 25.9. The van der Waals surface area contributed by atoms with Crippen molar-refractivity contribution < 1.29 is 19.4 Å². The molecule has 6 heteroatoms. The quantitative estimate of drug-likeness (QED) is 0.277. The van der Waals surface area contributed by atoms with Crippen LogP contribution in [0.3, 0.4) is 0 Å². The Morgan fingerprint density at radius 3 is 1.97 bits per heavy atom. The summed E-state index contributed by atoms with van der Waals surface area (Å²) in [6, 6.07) is 34.5. The Bertz CT molecular complexity index is 1300. The summed E-state index contributed by atoms with van der Waals surface area (Å²) in [5, 5.41) is 15.2. The number of rotatable bonds is 6. The number of amides is 1. The van der Waals surface area contributed by atoms with Crippen molar-refractivity contribution in [3.05, 3.63) is 115 Å². The molecule has 0 aromatic heterocycles. The van der Waals surface area contributed by atoms with Gasteiger partial charge in [0.15, 0.2) is 0 Å². The molecule has 1 saturated heterocycles. The number of aromatic carboxylic acids is 1. The number of anilines is 1. The van der Waals surface area contributed by atoms with Crippen LogP contribution in [0.15, 0.2) is 109 Å². The molecule has 1 atom stereocenters. The molecule has 0 bridgehead atoms. The van der Waals surface area contributed by atoms with E-state index in [4.69, 9.17) is 9.84 Å². The number of hydrogen-bond donors (Lipinski definition) is 3. The summed E-state index contributed by atoms with van der Waals surface area (Å²) in [4.78, 5) is 23.0. The summed E-state index contributed by atoms with van der Waals surface area (Å²) < 4.78 is 5.31. The van der Waals surface area contributed by atoms with E-state index in [2.05, 4.69) is 10.6 Å². The molecule has 1 aliphatic rings. The van der Waals surface area contributed by atoms with Crippen molar-refractivity contribution in [2.45, 2.75) is 18.9 Å². The van der Waals surface area contributed by atoms with E-state index >= 15 is 0 Å². The first kappa shape index (κ1) is 25.7. The normalized spacial score (nSPS) is 14.2. The fraction of sp³-hybridized carbons (Fsp3) is 0.161. The number of ether oxygens (including phenoxy) is 1. The lowest BCUT2D eigenvalue weighted by Gasteiger charge is -2.14. The third-order valence-electron chi connectivity index (χ3n) is 6.07. The maximum absolute atomic E-state index is 12.0. The van der Waals surface area contributed by atoms with Gasteiger partial charge in [-0.15, -0.1) is 0 Å². The second kappa shape index (κ2) is 13.0. The molecule has 188 valence electrons. The Morgan fingerprint density at radius 2 is 1.35 bits per heavy atom. The Hall–Kier alpha value is -4.42. The first-order valence-corrected chi connectivity index (χ1v) is 12.3. The molecule has 1 aliphatic heterocycles. The predicted molar refractivity (Wildman–Crippen MR) is 147 cm³/mol. The van der Waals surface area contributed by atoms with Crippen LogP contribution < -0.4 is 10.6 Å². The smallest absolute Gasteiger partial charge is 0.411 e. The molecule has 1 heterocycles. The molecule has 0 unspecified atom stereocenters. The first-order valence-electron chi connectivity index (χ1n) is 12.3. The van der Waals surface area contributed by atoms with Gasteiger partial charge in [-0.2, -0.15) is 0 Å². The number of carboxylic acid groups (broad SMARTS) is 1. The van der Waals surface area contributed by atoms with Crippen LogP contribution in [-0.4, -0.2) is 36.4 Å². The lowest BCUT2D eigenvalue weighted by molar-refractivity contribution is 0.0697. The van der Waals surface area contributed by atoms with Gasteiger partial charge >= 0.3 is 12.1 Å². The van der Waals surface area contributed by atoms with Gasteiger partial charge in [-0.25, -0.2) is 9.59 Å². The molecule has 0 aliphatic carbocycles. The van der Waals surface area contributed by atoms with Crippen LogP contribution in [0.25, 0.3) is 22.3 Å². The minimum Gasteiger partial charge on any atom is -0.478 e. The third-order valence-corrected chi connectivity index (χ3v) is 6.07. The second-order valence-electron chi connectivity index (χ2n) is 8.65. The van der Waals surface area contributed by atoms with E-state index < -0.39 is 12.1 Å². The van der Waals surface area contributed by atoms with Gasteiger partial charge in [-0.3, -0.25) is 5.32 Å². The molecule has 0 radical (unpaired) electrons. The molecule has 0 spiro atoms. The molecule has 1 amide bonds. The summed E-state index contributed by atoms with van der Waals surface area (Å²) >= 11 is 0. The average Bonchev–Trinajstić information content (AvgIpc) is 3.47. The highest BCUT2D eigenvalue weighted by molar-refractivity contribution is 5.96. The summed E-state index contributed by atoms with van der Waals surface area (Å²) in [5.41, 5.74) is 4.83. The molecule has 6 nitrogen and oxygen atoms in total. The van der Waals surface area contributed by atoms with Gasteiger partial charge < -0.3 is 15.2 Å². The fourth-order valence-electron chi connectivity index (χ4n) is 4.22. The molecule has 0 saturated carbocycles. The van der Waals surface area contributed by atoms with E-state index in [1.54, 1.807) is 12.1 Å². The van der Waals surface area contributed by atoms with Crippen molar-refractivity contribution >= 4 is 17.7 Å². The standard InChI is InChI=1S/C18H20N2O2.C13H10O2/c21-18(22-13-15-9-6-12-19-15)20-17-11-5-4-10-16(17)14-7-2-1-3-8-14;14-13(15)12-9-5-4-8-11(12)10-6-2-1-3-7-10/h1-5,7-8,10-11,15,19H,6,9,12-13H2,(H,20,21);1-9H,(H,14,15)/t15-;/m0./s1. The lowest BCUT2D eigenvalue weighted by atomic mass is 10.00. The molecule has 5 rings (SSSR count). The maximum atomic E-state index is 12.0. The number of hydrogen-bond acceptors (Lipinski definition) is 4. The Labute approximate surface area is 216 Å². The van der Waals surface area contributed by atoms with E-state index in [-0.39, 0.29) is 6.04 Å². The van der Waals surface area contributed by atoms with Crippen molar-refractivity contribution in [3.8, 4) is 22.3 Å². The van der Waals surface area contributed by atoms with Crippen molar-refractivity contribution in [2.24, 2.45) is 0 Å². The largest absolute Gasteiger partial charge is 0.478 e. The van der Waals surface area contributed by atoms with E-state index in [0.717, 1.165) is 47.3 Å². The van der Waals surface area contributed by atoms with Gasteiger partial charge in [0.25, 0.3) is 0 Å². The molecule has 4 aromatic carbocycles. The zero-order valence-electron chi connectivity index (χ0n) is 20.5. The van der Waals surface area contributed by atoms with E-state index in [1.165, 1.54) is 0 Å². The van der Waals surface area contributed by atoms with Crippen LogP contribution in [-0.2, 0) is 4.74 Å². The maximum Gasteiger partial charge on any atom is 0.411 e. The summed E-state index contributed by atoms with van der Waals surface area (Å²) in [7, 11) is 0. The fourth-order valence-corrected chi connectivity index (χ4v) is 4.22. The zero-order valence-corrected chi connectivity index (χ0v) is 20.5. The topological polar surface area (TPSA) is 87.7 Å². The van der Waals surface area contributed by atoms with Crippen molar-refractivity contribution in [2.75, 3.05) is 18.5 Å². The lowest BCUT2D eigenvalue weighted by Crippen LogP contribution is -2.29. The van der Waals surface area contributed by atoms with E-state index in [9.17, 15) is 9.59 Å². The van der Waals surface area contributed by atoms with Crippen LogP contribution >= 0.6 is 0 Å². The van der Waals surface area contributed by atoms with Gasteiger partial charge in [-0.1, -0.05) is 97.1 Å². The highest BCUT2D eigenvalue weighted by Crippen LogP contribution is 2.27. The van der Waals surface area contributed by atoms with E-state index in [1.807, 2.05) is 97.1 Å². The summed E-state index contributed by atoms with van der Waals surface area (Å²) in [6.45, 7) is 1.42. The number of para-hydroxylation sites is 1.